The van der Waals surface area contributed by atoms with Crippen LogP contribution in [0.4, 0.5) is 0 Å². The molecule has 0 N–H and O–H groups in total. The third-order valence-corrected chi connectivity index (χ3v) is 2.98. The van der Waals surface area contributed by atoms with Crippen molar-refractivity contribution in [2.45, 2.75) is 12.8 Å². The molecular weight excluding hydrogens is 206 g/mol. The lowest BCUT2D eigenvalue weighted by molar-refractivity contribution is 0.535. The van der Waals surface area contributed by atoms with Crippen molar-refractivity contribution in [2.24, 2.45) is 0 Å². The highest BCUT2D eigenvalue weighted by molar-refractivity contribution is 7.13. The van der Waals surface area contributed by atoms with Crippen LogP contribution in [0, 0.1) is 6.92 Å². The molecule has 0 saturated carbocycles. The predicted octanol–water partition coefficient (Wildman–Crippen LogP) is 3.45. The molecule has 0 fully saturated rings. The zero-order chi connectivity index (χ0) is 9.26. The van der Waals surface area contributed by atoms with Crippen LogP contribution in [0.3, 0.4) is 0 Å². The maximum atomic E-state index is 5.66. The number of hydrogen-bond acceptors (Lipinski definition) is 3. The van der Waals surface area contributed by atoms with E-state index in [-0.39, 0.29) is 0 Å². The minimum Gasteiger partial charge on any atom is -0.469 e. The first-order chi connectivity index (χ1) is 6.31. The van der Waals surface area contributed by atoms with Crippen LogP contribution in [0.25, 0.3) is 10.6 Å². The molecule has 0 bridgehead atoms. The highest BCUT2D eigenvalue weighted by atomic mass is 35.5. The van der Waals surface area contributed by atoms with Crippen LogP contribution in [0.5, 0.6) is 0 Å². The van der Waals surface area contributed by atoms with E-state index in [1.54, 1.807) is 17.6 Å². The highest BCUT2D eigenvalue weighted by Crippen LogP contribution is 2.27. The molecule has 2 aromatic heterocycles. The van der Waals surface area contributed by atoms with Crippen LogP contribution in [-0.4, -0.2) is 4.98 Å². The highest BCUT2D eigenvalue weighted by Gasteiger charge is 2.08. The van der Waals surface area contributed by atoms with Crippen LogP contribution in [-0.2, 0) is 5.88 Å². The second-order valence-electron chi connectivity index (χ2n) is 2.67. The van der Waals surface area contributed by atoms with Crippen molar-refractivity contribution in [3.63, 3.8) is 0 Å². The molecular formula is C9H8ClNOS. The van der Waals surface area contributed by atoms with Crippen molar-refractivity contribution in [1.82, 2.24) is 4.98 Å². The van der Waals surface area contributed by atoms with E-state index in [4.69, 9.17) is 16.0 Å². The standard InChI is InChI=1S/C9H8ClNOS/c1-6-8(2-3-12-6)9-11-7(4-10)5-13-9/h2-3,5H,4H2,1H3. The monoisotopic (exact) mass is 213 g/mol. The normalized spacial score (nSPS) is 10.6. The van der Waals surface area contributed by atoms with Gasteiger partial charge in [0.25, 0.3) is 0 Å². The van der Waals surface area contributed by atoms with Crippen LogP contribution < -0.4 is 0 Å². The number of nitrogens with zero attached hydrogens (tertiary/aromatic N) is 1. The number of rotatable bonds is 2. The molecule has 0 amide bonds. The van der Waals surface area contributed by atoms with Crippen molar-refractivity contribution in [3.05, 3.63) is 29.2 Å². The van der Waals surface area contributed by atoms with Crippen molar-refractivity contribution < 1.29 is 4.42 Å². The van der Waals surface area contributed by atoms with E-state index in [9.17, 15) is 0 Å². The zero-order valence-electron chi connectivity index (χ0n) is 7.08. The van der Waals surface area contributed by atoms with E-state index in [1.807, 2.05) is 18.4 Å². The van der Waals surface area contributed by atoms with Gasteiger partial charge in [-0.2, -0.15) is 0 Å². The average Bonchev–Trinajstić information content (AvgIpc) is 2.71. The SMILES string of the molecule is Cc1occc1-c1nc(CCl)cs1. The summed E-state index contributed by atoms with van der Waals surface area (Å²) in [6, 6.07) is 1.92. The Morgan fingerprint density at radius 2 is 2.46 bits per heavy atom. The molecule has 2 aromatic rings. The summed E-state index contributed by atoms with van der Waals surface area (Å²) < 4.78 is 5.20. The fourth-order valence-electron chi connectivity index (χ4n) is 1.10. The molecule has 0 atom stereocenters. The van der Waals surface area contributed by atoms with E-state index >= 15 is 0 Å². The maximum Gasteiger partial charge on any atom is 0.127 e. The second kappa shape index (κ2) is 3.52. The summed E-state index contributed by atoms with van der Waals surface area (Å²) in [5, 5.41) is 2.94. The molecule has 0 spiro atoms. The lowest BCUT2D eigenvalue weighted by Gasteiger charge is -1.90. The van der Waals surface area contributed by atoms with E-state index in [0.29, 0.717) is 5.88 Å². The Labute approximate surface area is 85.2 Å². The number of thiazole rings is 1. The minimum atomic E-state index is 0.466. The number of aryl methyl sites for hydroxylation is 1. The molecule has 0 aliphatic rings. The molecule has 68 valence electrons. The summed E-state index contributed by atoms with van der Waals surface area (Å²) in [5.41, 5.74) is 1.98. The van der Waals surface area contributed by atoms with Gasteiger partial charge in [-0.15, -0.1) is 22.9 Å². The number of halogens is 1. The molecule has 0 aliphatic carbocycles. The third-order valence-electron chi connectivity index (χ3n) is 1.78. The minimum absolute atomic E-state index is 0.466. The fraction of sp³-hybridized carbons (Fsp3) is 0.222. The van der Waals surface area contributed by atoms with Gasteiger partial charge in [0.1, 0.15) is 10.8 Å². The summed E-state index contributed by atoms with van der Waals surface area (Å²) in [6.07, 6.45) is 1.67. The van der Waals surface area contributed by atoms with Gasteiger partial charge in [-0.1, -0.05) is 0 Å². The fourth-order valence-corrected chi connectivity index (χ4v) is 2.22. The Hall–Kier alpha value is -0.800. The van der Waals surface area contributed by atoms with Gasteiger partial charge < -0.3 is 4.42 Å². The summed E-state index contributed by atoms with van der Waals surface area (Å²) in [4.78, 5) is 4.36. The number of hydrogen-bond donors (Lipinski definition) is 0. The second-order valence-corrected chi connectivity index (χ2v) is 3.79. The van der Waals surface area contributed by atoms with E-state index in [0.717, 1.165) is 22.0 Å². The largest absolute Gasteiger partial charge is 0.469 e. The Balaban J connectivity index is 2.41. The van der Waals surface area contributed by atoms with Crippen LogP contribution in [0.2, 0.25) is 0 Å². The first-order valence-electron chi connectivity index (χ1n) is 3.86. The zero-order valence-corrected chi connectivity index (χ0v) is 8.65. The molecule has 2 rings (SSSR count). The molecule has 0 aliphatic heterocycles. The van der Waals surface area contributed by atoms with E-state index in [1.165, 1.54) is 0 Å². The molecule has 2 heterocycles. The van der Waals surface area contributed by atoms with Gasteiger partial charge in [-0.05, 0) is 13.0 Å². The van der Waals surface area contributed by atoms with Crippen molar-refractivity contribution >= 4 is 22.9 Å². The lowest BCUT2D eigenvalue weighted by atomic mass is 10.3. The first kappa shape index (κ1) is 8.78. The van der Waals surface area contributed by atoms with Gasteiger partial charge in [0.05, 0.1) is 23.4 Å². The number of aromatic nitrogens is 1. The molecule has 0 unspecified atom stereocenters. The Kier molecular flexibility index (Phi) is 2.38. The molecule has 4 heteroatoms. The van der Waals surface area contributed by atoms with Crippen LogP contribution >= 0.6 is 22.9 Å². The Morgan fingerprint density at radius 3 is 3.00 bits per heavy atom. The van der Waals surface area contributed by atoms with Crippen molar-refractivity contribution in [1.29, 1.82) is 0 Å². The van der Waals surface area contributed by atoms with Gasteiger partial charge in [-0.3, -0.25) is 0 Å². The number of furan rings is 1. The third kappa shape index (κ3) is 1.62. The topological polar surface area (TPSA) is 26.0 Å². The van der Waals surface area contributed by atoms with Gasteiger partial charge in [0.2, 0.25) is 0 Å². The molecule has 13 heavy (non-hydrogen) atoms. The summed E-state index contributed by atoms with van der Waals surface area (Å²) >= 11 is 7.25. The van der Waals surface area contributed by atoms with Crippen molar-refractivity contribution in [2.75, 3.05) is 0 Å². The van der Waals surface area contributed by atoms with Gasteiger partial charge >= 0.3 is 0 Å². The first-order valence-corrected chi connectivity index (χ1v) is 5.27. The van der Waals surface area contributed by atoms with E-state index in [2.05, 4.69) is 4.98 Å². The van der Waals surface area contributed by atoms with Crippen LogP contribution in [0.1, 0.15) is 11.5 Å². The molecule has 0 radical (unpaired) electrons. The summed E-state index contributed by atoms with van der Waals surface area (Å²) in [6.45, 7) is 1.93. The smallest absolute Gasteiger partial charge is 0.127 e. The maximum absolute atomic E-state index is 5.66. The van der Waals surface area contributed by atoms with Gasteiger partial charge in [0, 0.05) is 5.38 Å². The number of alkyl halides is 1. The average molecular weight is 214 g/mol. The Bertz CT molecular complexity index is 407. The van der Waals surface area contributed by atoms with Gasteiger partial charge in [0.15, 0.2) is 0 Å². The molecule has 0 aromatic carbocycles. The summed E-state index contributed by atoms with van der Waals surface area (Å²) in [7, 11) is 0. The van der Waals surface area contributed by atoms with Crippen LogP contribution in [0.15, 0.2) is 22.1 Å². The lowest BCUT2D eigenvalue weighted by Crippen LogP contribution is -1.78. The van der Waals surface area contributed by atoms with Crippen molar-refractivity contribution in [3.8, 4) is 10.6 Å². The predicted molar refractivity (Wildman–Crippen MR) is 54.1 cm³/mol. The molecule has 2 nitrogen and oxygen atoms in total. The Morgan fingerprint density at radius 1 is 1.62 bits per heavy atom. The molecule has 0 saturated heterocycles. The summed E-state index contributed by atoms with van der Waals surface area (Å²) in [5.74, 6) is 1.36. The van der Waals surface area contributed by atoms with Gasteiger partial charge in [-0.25, -0.2) is 4.98 Å². The quantitative estimate of drug-likeness (QED) is 0.715. The van der Waals surface area contributed by atoms with E-state index < -0.39 is 0 Å².